The number of carbonyl (C=O) groups is 3. The van der Waals surface area contributed by atoms with Crippen LogP contribution in [-0.4, -0.2) is 74.3 Å². The van der Waals surface area contributed by atoms with Crippen molar-refractivity contribution >= 4 is 50.4 Å². The Bertz CT molecular complexity index is 1180. The van der Waals surface area contributed by atoms with E-state index in [1.165, 1.54) is 17.8 Å². The predicted molar refractivity (Wildman–Crippen MR) is 106 cm³/mol. The molecule has 2 N–H and O–H groups in total. The van der Waals surface area contributed by atoms with Gasteiger partial charge in [0, 0.05) is 6.20 Å². The standard InChI is InChI=1S/C17H15N5O7S2/c1-17(7-29-16(26)20-15-21-19-8-30-15)11(14(24)25)22-12(23)10(13(22)31(17,27)28)6-9-4-2-3-5-18-9/h2-6,8,11,13H,7H2,1H3,(H,24,25)(H,20,21,26)/b10-6-/t11-,13+,17-/m0/s1. The smallest absolute Gasteiger partial charge is 0.413 e. The number of carbonyl (C=O) groups excluding carboxylic acids is 2. The number of fused-ring (bicyclic) bond motifs is 1. The summed E-state index contributed by atoms with van der Waals surface area (Å²) < 4.78 is 29.6. The van der Waals surface area contributed by atoms with Crippen LogP contribution in [-0.2, 0) is 24.2 Å². The minimum atomic E-state index is -4.28. The molecule has 14 heteroatoms. The maximum atomic E-state index is 13.3. The molecule has 2 saturated heterocycles. The van der Waals surface area contributed by atoms with Crippen molar-refractivity contribution in [2.75, 3.05) is 11.9 Å². The van der Waals surface area contributed by atoms with Crippen LogP contribution in [0.3, 0.4) is 0 Å². The number of nitrogens with one attached hydrogen (secondary N) is 1. The Hall–Kier alpha value is -3.39. The Morgan fingerprint density at radius 2 is 2.19 bits per heavy atom. The molecule has 0 aromatic carbocycles. The van der Waals surface area contributed by atoms with Crippen molar-refractivity contribution in [1.82, 2.24) is 20.1 Å². The first-order chi connectivity index (χ1) is 14.7. The van der Waals surface area contributed by atoms with E-state index in [1.54, 1.807) is 18.2 Å². The molecular formula is C17H15N5O7S2. The van der Waals surface area contributed by atoms with Crippen molar-refractivity contribution in [1.29, 1.82) is 0 Å². The van der Waals surface area contributed by atoms with E-state index in [2.05, 4.69) is 20.5 Å². The van der Waals surface area contributed by atoms with Crippen LogP contribution in [0, 0.1) is 0 Å². The third-order valence-corrected chi connectivity index (χ3v) is 8.40. The molecule has 2 aliphatic rings. The van der Waals surface area contributed by atoms with Gasteiger partial charge in [-0.3, -0.25) is 15.1 Å². The van der Waals surface area contributed by atoms with Crippen LogP contribution < -0.4 is 5.32 Å². The average molecular weight is 465 g/mol. The van der Waals surface area contributed by atoms with Crippen molar-refractivity contribution in [3.8, 4) is 0 Å². The minimum absolute atomic E-state index is 0.0908. The zero-order chi connectivity index (χ0) is 22.4. The second-order valence-corrected chi connectivity index (χ2v) is 10.3. The molecule has 31 heavy (non-hydrogen) atoms. The monoisotopic (exact) mass is 465 g/mol. The van der Waals surface area contributed by atoms with E-state index in [9.17, 15) is 27.9 Å². The lowest BCUT2D eigenvalue weighted by Crippen LogP contribution is -2.59. The summed E-state index contributed by atoms with van der Waals surface area (Å²) in [5.41, 5.74) is 1.63. The number of carboxylic acid groups (broad SMARTS) is 1. The molecule has 0 aliphatic carbocycles. The van der Waals surface area contributed by atoms with E-state index >= 15 is 0 Å². The molecule has 0 saturated carbocycles. The molecule has 0 radical (unpaired) electrons. The van der Waals surface area contributed by atoms with Gasteiger partial charge in [0.2, 0.25) is 5.13 Å². The molecule has 3 atom stereocenters. The number of amides is 2. The zero-order valence-corrected chi connectivity index (χ0v) is 17.5. The molecule has 0 unspecified atom stereocenters. The van der Waals surface area contributed by atoms with Gasteiger partial charge in [0.25, 0.3) is 5.91 Å². The molecule has 2 aromatic rings. The lowest BCUT2D eigenvalue weighted by molar-refractivity contribution is -0.153. The number of β-lactam (4-membered cyclic amide) rings is 1. The van der Waals surface area contributed by atoms with Gasteiger partial charge in [-0.2, -0.15) is 0 Å². The van der Waals surface area contributed by atoms with Crippen molar-refractivity contribution in [2.24, 2.45) is 0 Å². The number of aliphatic carboxylic acids is 1. The average Bonchev–Trinajstić information content (AvgIpc) is 3.28. The highest BCUT2D eigenvalue weighted by Gasteiger charge is 2.72. The van der Waals surface area contributed by atoms with Gasteiger partial charge < -0.3 is 14.7 Å². The topological polar surface area (TPSA) is 169 Å². The van der Waals surface area contributed by atoms with Crippen molar-refractivity contribution in [3.63, 3.8) is 0 Å². The molecule has 0 spiro atoms. The van der Waals surface area contributed by atoms with Crippen LogP contribution >= 0.6 is 11.3 Å². The quantitative estimate of drug-likeness (QED) is 0.465. The summed E-state index contributed by atoms with van der Waals surface area (Å²) in [6, 6.07) is 3.17. The third kappa shape index (κ3) is 3.23. The van der Waals surface area contributed by atoms with E-state index in [0.717, 1.165) is 23.2 Å². The number of pyridine rings is 1. The van der Waals surface area contributed by atoms with Gasteiger partial charge >= 0.3 is 12.1 Å². The first kappa shape index (κ1) is 20.9. The normalized spacial score (nSPS) is 27.5. The largest absolute Gasteiger partial charge is 0.480 e. The molecule has 2 amide bonds. The lowest BCUT2D eigenvalue weighted by Gasteiger charge is -2.37. The molecule has 2 aromatic heterocycles. The first-order valence-electron chi connectivity index (χ1n) is 8.78. The van der Waals surface area contributed by atoms with E-state index in [-0.39, 0.29) is 10.7 Å². The van der Waals surface area contributed by atoms with E-state index < -0.39 is 50.6 Å². The van der Waals surface area contributed by atoms with E-state index in [1.807, 2.05) is 0 Å². The fraction of sp³-hybridized carbons (Fsp3) is 0.294. The van der Waals surface area contributed by atoms with E-state index in [4.69, 9.17) is 4.74 Å². The zero-order valence-electron chi connectivity index (χ0n) is 15.8. The molecule has 2 aliphatic heterocycles. The highest BCUT2D eigenvalue weighted by atomic mass is 32.2. The molecule has 162 valence electrons. The Morgan fingerprint density at radius 1 is 1.42 bits per heavy atom. The number of hydrogen-bond acceptors (Lipinski definition) is 10. The number of nitrogens with zero attached hydrogens (tertiary/aromatic N) is 4. The van der Waals surface area contributed by atoms with Crippen LogP contribution in [0.15, 0.2) is 35.5 Å². The summed E-state index contributed by atoms with van der Waals surface area (Å²) in [5.74, 6) is -2.25. The van der Waals surface area contributed by atoms with Crippen molar-refractivity contribution in [2.45, 2.75) is 23.1 Å². The van der Waals surface area contributed by atoms with Gasteiger partial charge in [0.15, 0.2) is 21.3 Å². The Labute approximate surface area is 179 Å². The van der Waals surface area contributed by atoms with E-state index in [0.29, 0.717) is 5.69 Å². The van der Waals surface area contributed by atoms with Crippen molar-refractivity contribution < 1.29 is 32.6 Å². The van der Waals surface area contributed by atoms with Crippen LogP contribution in [0.2, 0.25) is 0 Å². The number of anilines is 1. The number of ether oxygens (including phenoxy) is 1. The van der Waals surface area contributed by atoms with Gasteiger partial charge in [-0.25, -0.2) is 18.0 Å². The van der Waals surface area contributed by atoms with Gasteiger partial charge in [0.1, 0.15) is 16.9 Å². The SMILES string of the molecule is C[C@]1(COC(=O)Nc2nncs2)[C@H](C(=O)O)N2C(=O)/C(=C/c3ccccn3)[C@H]2S1(=O)=O. The number of carboxylic acids is 1. The van der Waals surface area contributed by atoms with Crippen LogP contribution in [0.5, 0.6) is 0 Å². The fourth-order valence-electron chi connectivity index (χ4n) is 3.57. The van der Waals surface area contributed by atoms with Crippen LogP contribution in [0.25, 0.3) is 6.08 Å². The Balaban J connectivity index is 1.63. The number of rotatable bonds is 5. The number of hydrogen-bond donors (Lipinski definition) is 2. The van der Waals surface area contributed by atoms with Crippen LogP contribution in [0.1, 0.15) is 12.6 Å². The summed E-state index contributed by atoms with van der Waals surface area (Å²) in [4.78, 5) is 41.4. The predicted octanol–water partition coefficient (Wildman–Crippen LogP) is 0.374. The van der Waals surface area contributed by atoms with Crippen molar-refractivity contribution in [3.05, 3.63) is 41.2 Å². The second-order valence-electron chi connectivity index (χ2n) is 6.96. The molecule has 0 bridgehead atoms. The summed E-state index contributed by atoms with van der Waals surface area (Å²) >= 11 is 1.01. The number of aromatic nitrogens is 3. The highest BCUT2D eigenvalue weighted by molar-refractivity contribution is 7.94. The Kier molecular flexibility index (Phi) is 4.97. The third-order valence-electron chi connectivity index (χ3n) is 5.08. The van der Waals surface area contributed by atoms with Gasteiger partial charge in [-0.1, -0.05) is 17.4 Å². The van der Waals surface area contributed by atoms with Gasteiger partial charge in [-0.05, 0) is 25.1 Å². The molecule has 4 rings (SSSR count). The summed E-state index contributed by atoms with van der Waals surface area (Å²) in [6.07, 6.45) is 1.77. The maximum Gasteiger partial charge on any atom is 0.413 e. The Morgan fingerprint density at radius 3 is 2.81 bits per heavy atom. The maximum absolute atomic E-state index is 13.3. The molecule has 4 heterocycles. The summed E-state index contributed by atoms with van der Waals surface area (Å²) in [7, 11) is -4.28. The first-order valence-corrected chi connectivity index (χ1v) is 11.2. The molecular weight excluding hydrogens is 450 g/mol. The van der Waals surface area contributed by atoms with Gasteiger partial charge in [0.05, 0.1) is 11.3 Å². The van der Waals surface area contributed by atoms with Crippen LogP contribution in [0.4, 0.5) is 9.93 Å². The molecule has 12 nitrogen and oxygen atoms in total. The number of sulfone groups is 1. The minimum Gasteiger partial charge on any atom is -0.480 e. The van der Waals surface area contributed by atoms with Gasteiger partial charge in [-0.15, -0.1) is 10.2 Å². The lowest BCUT2D eigenvalue weighted by atomic mass is 9.94. The fourth-order valence-corrected chi connectivity index (χ4v) is 6.28. The highest BCUT2D eigenvalue weighted by Crippen LogP contribution is 2.49. The summed E-state index contributed by atoms with van der Waals surface area (Å²) in [5, 5.41) is 17.8. The second kappa shape index (κ2) is 7.39. The summed E-state index contributed by atoms with van der Waals surface area (Å²) in [6.45, 7) is 0.359. The molecule has 2 fully saturated rings.